The summed E-state index contributed by atoms with van der Waals surface area (Å²) in [7, 11) is 3.63. The van der Waals surface area contributed by atoms with Gasteiger partial charge in [-0.15, -0.1) is 5.10 Å². The van der Waals surface area contributed by atoms with Gasteiger partial charge in [-0.1, -0.05) is 0 Å². The molecule has 1 amide bonds. The lowest BCUT2D eigenvalue weighted by Gasteiger charge is -2.38. The van der Waals surface area contributed by atoms with Gasteiger partial charge in [-0.2, -0.15) is 0 Å². The van der Waals surface area contributed by atoms with E-state index in [9.17, 15) is 4.79 Å². The third-order valence-electron chi connectivity index (χ3n) is 3.76. The molecule has 1 aliphatic rings. The van der Waals surface area contributed by atoms with Crippen molar-refractivity contribution in [3.8, 4) is 0 Å². The Morgan fingerprint density at radius 1 is 1.43 bits per heavy atom. The van der Waals surface area contributed by atoms with Crippen LogP contribution in [0, 0.1) is 0 Å². The molecule has 21 heavy (non-hydrogen) atoms. The quantitative estimate of drug-likeness (QED) is 0.708. The highest BCUT2D eigenvalue weighted by molar-refractivity contribution is 14.1. The van der Waals surface area contributed by atoms with E-state index in [1.54, 1.807) is 9.94 Å². The molecule has 0 aromatic carbocycles. The number of carbonyl (C=O) groups is 1. The molecule has 0 aliphatic carbocycles. The van der Waals surface area contributed by atoms with Gasteiger partial charge in [-0.3, -0.25) is 9.69 Å². The monoisotopic (exact) mass is 401 g/mol. The van der Waals surface area contributed by atoms with Gasteiger partial charge in [0.2, 0.25) is 5.91 Å². The minimum Gasteiger partial charge on any atom is -0.358 e. The van der Waals surface area contributed by atoms with Gasteiger partial charge < -0.3 is 10.2 Å². The van der Waals surface area contributed by atoms with Crippen molar-refractivity contribution in [3.63, 3.8) is 0 Å². The van der Waals surface area contributed by atoms with E-state index in [0.717, 1.165) is 24.3 Å². The van der Waals surface area contributed by atoms with Crippen LogP contribution < -0.4 is 10.2 Å². The van der Waals surface area contributed by atoms with Crippen molar-refractivity contribution in [3.05, 3.63) is 12.5 Å². The second kappa shape index (κ2) is 5.72. The molecule has 1 fully saturated rings. The Hall–Kier alpha value is -1.49. The van der Waals surface area contributed by atoms with Crippen molar-refractivity contribution in [2.75, 3.05) is 38.6 Å². The SMILES string of the molecule is CNC(=O)C1CN(c2ncnc3nn(I)cc23)CCN1C. The first-order chi connectivity index (χ1) is 10.1. The summed E-state index contributed by atoms with van der Waals surface area (Å²) in [4.78, 5) is 24.8. The Bertz CT molecular complexity index is 673. The normalized spacial score (nSPS) is 20.0. The van der Waals surface area contributed by atoms with E-state index in [4.69, 9.17) is 0 Å². The predicted octanol–water partition coefficient (Wildman–Crippen LogP) is -0.109. The molecular weight excluding hydrogens is 385 g/mol. The second-order valence-electron chi connectivity index (χ2n) is 5.01. The van der Waals surface area contributed by atoms with Gasteiger partial charge in [0, 0.05) is 32.9 Å². The van der Waals surface area contributed by atoms with Crippen LogP contribution in [0.4, 0.5) is 5.82 Å². The molecule has 112 valence electrons. The van der Waals surface area contributed by atoms with Crippen LogP contribution in [0.15, 0.2) is 12.5 Å². The first-order valence-electron chi connectivity index (χ1n) is 6.63. The van der Waals surface area contributed by atoms with Gasteiger partial charge in [0.25, 0.3) is 0 Å². The van der Waals surface area contributed by atoms with Crippen LogP contribution >= 0.6 is 22.9 Å². The highest BCUT2D eigenvalue weighted by Gasteiger charge is 2.30. The molecule has 1 unspecified atom stereocenters. The Morgan fingerprint density at radius 3 is 3.00 bits per heavy atom. The van der Waals surface area contributed by atoms with Crippen LogP contribution in [0.2, 0.25) is 0 Å². The van der Waals surface area contributed by atoms with Crippen molar-refractivity contribution in [1.29, 1.82) is 0 Å². The summed E-state index contributed by atoms with van der Waals surface area (Å²) in [5.74, 6) is 0.863. The number of rotatable bonds is 2. The van der Waals surface area contributed by atoms with Crippen molar-refractivity contribution >= 4 is 45.6 Å². The summed E-state index contributed by atoms with van der Waals surface area (Å²) in [6.45, 7) is 2.24. The average molecular weight is 401 g/mol. The van der Waals surface area contributed by atoms with Gasteiger partial charge >= 0.3 is 0 Å². The smallest absolute Gasteiger partial charge is 0.238 e. The lowest BCUT2D eigenvalue weighted by atomic mass is 10.1. The fraction of sp³-hybridized carbons (Fsp3) is 0.500. The van der Waals surface area contributed by atoms with Crippen LogP contribution in [0.1, 0.15) is 0 Å². The topological polar surface area (TPSA) is 79.2 Å². The van der Waals surface area contributed by atoms with E-state index in [1.807, 2.05) is 13.2 Å². The molecule has 2 aromatic heterocycles. The Morgan fingerprint density at radius 2 is 2.24 bits per heavy atom. The van der Waals surface area contributed by atoms with E-state index in [0.29, 0.717) is 12.2 Å². The fourth-order valence-corrected chi connectivity index (χ4v) is 3.05. The molecule has 0 saturated carbocycles. The molecule has 1 N–H and O–H groups in total. The Labute approximate surface area is 136 Å². The van der Waals surface area contributed by atoms with Gasteiger partial charge in [-0.05, 0) is 7.05 Å². The third-order valence-corrected chi connectivity index (χ3v) is 4.26. The first-order valence-corrected chi connectivity index (χ1v) is 7.60. The number of nitrogens with one attached hydrogen (secondary N) is 1. The van der Waals surface area contributed by atoms with E-state index < -0.39 is 0 Å². The van der Waals surface area contributed by atoms with Crippen LogP contribution in [0.3, 0.4) is 0 Å². The van der Waals surface area contributed by atoms with Crippen LogP contribution in [-0.2, 0) is 4.79 Å². The zero-order chi connectivity index (χ0) is 15.0. The highest BCUT2D eigenvalue weighted by Crippen LogP contribution is 2.24. The molecule has 0 bridgehead atoms. The number of amides is 1. The maximum atomic E-state index is 12.0. The number of likely N-dealkylation sites (N-methyl/N-ethyl adjacent to an activating group) is 2. The van der Waals surface area contributed by atoms with Crippen molar-refractivity contribution in [2.45, 2.75) is 6.04 Å². The summed E-state index contributed by atoms with van der Waals surface area (Å²) in [6.07, 6.45) is 3.42. The van der Waals surface area contributed by atoms with Crippen molar-refractivity contribution < 1.29 is 4.79 Å². The molecule has 0 radical (unpaired) electrons. The number of hydrogen-bond donors (Lipinski definition) is 1. The number of carbonyl (C=O) groups excluding carboxylic acids is 1. The standard InChI is InChI=1S/C12H16IN7O/c1-14-12(21)9-6-19(4-3-18(9)2)11-8-5-20(13)17-10(8)15-7-16-11/h5,7,9H,3-4,6H2,1-2H3,(H,14,21). The molecule has 3 heterocycles. The van der Waals surface area contributed by atoms with Crippen LogP contribution in [0.25, 0.3) is 11.0 Å². The van der Waals surface area contributed by atoms with E-state index in [1.165, 1.54) is 6.33 Å². The maximum absolute atomic E-state index is 12.0. The predicted molar refractivity (Wildman–Crippen MR) is 87.4 cm³/mol. The summed E-state index contributed by atoms with van der Waals surface area (Å²) >= 11 is 2.09. The van der Waals surface area contributed by atoms with Gasteiger partial charge in [0.1, 0.15) is 18.2 Å². The van der Waals surface area contributed by atoms with E-state index in [2.05, 4.69) is 53.0 Å². The average Bonchev–Trinajstić information content (AvgIpc) is 2.87. The van der Waals surface area contributed by atoms with Crippen LogP contribution in [-0.4, -0.2) is 68.5 Å². The van der Waals surface area contributed by atoms with Gasteiger partial charge in [0.15, 0.2) is 5.65 Å². The maximum Gasteiger partial charge on any atom is 0.238 e. The molecule has 9 heteroatoms. The number of hydrogen-bond acceptors (Lipinski definition) is 6. The largest absolute Gasteiger partial charge is 0.358 e. The summed E-state index contributed by atoms with van der Waals surface area (Å²) < 4.78 is 1.70. The Kier molecular flexibility index (Phi) is 3.93. The molecular formula is C12H16IN7O. The zero-order valence-electron chi connectivity index (χ0n) is 11.8. The second-order valence-corrected chi connectivity index (χ2v) is 6.00. The Balaban J connectivity index is 1.93. The number of piperazine rings is 1. The molecule has 0 spiro atoms. The van der Waals surface area contributed by atoms with Gasteiger partial charge in [-0.25, -0.2) is 12.9 Å². The highest BCUT2D eigenvalue weighted by atomic mass is 127. The minimum atomic E-state index is -0.177. The fourth-order valence-electron chi connectivity index (χ4n) is 2.57. The molecule has 1 aliphatic heterocycles. The lowest BCUT2D eigenvalue weighted by molar-refractivity contribution is -0.125. The number of aromatic nitrogens is 4. The first kappa shape index (κ1) is 14.4. The number of nitrogens with zero attached hydrogens (tertiary/aromatic N) is 6. The van der Waals surface area contributed by atoms with Crippen LogP contribution in [0.5, 0.6) is 0 Å². The van der Waals surface area contributed by atoms with E-state index in [-0.39, 0.29) is 11.9 Å². The molecule has 2 aromatic rings. The molecule has 8 nitrogen and oxygen atoms in total. The van der Waals surface area contributed by atoms with Gasteiger partial charge in [0.05, 0.1) is 28.3 Å². The molecule has 1 saturated heterocycles. The molecule has 1 atom stereocenters. The van der Waals surface area contributed by atoms with Crippen molar-refractivity contribution in [1.82, 2.24) is 28.2 Å². The third kappa shape index (κ3) is 2.67. The van der Waals surface area contributed by atoms with Crippen molar-refractivity contribution in [2.24, 2.45) is 0 Å². The number of anilines is 1. The minimum absolute atomic E-state index is 0.0251. The lowest BCUT2D eigenvalue weighted by Crippen LogP contribution is -2.57. The summed E-state index contributed by atoms with van der Waals surface area (Å²) in [5, 5.41) is 7.92. The number of halogens is 1. The number of fused-ring (bicyclic) bond motifs is 1. The van der Waals surface area contributed by atoms with E-state index >= 15 is 0 Å². The molecule has 3 rings (SSSR count). The summed E-state index contributed by atoms with van der Waals surface area (Å²) in [5.41, 5.74) is 0.671. The zero-order valence-corrected chi connectivity index (χ0v) is 14.0. The summed E-state index contributed by atoms with van der Waals surface area (Å²) in [6, 6.07) is -0.177.